The number of aliphatic carboxylic acids is 1. The minimum atomic E-state index is -0.860. The minimum Gasteiger partial charge on any atom is -0.480 e. The predicted octanol–water partition coefficient (Wildman–Crippen LogP) is 2.02. The topological polar surface area (TPSA) is 68.0 Å². The van der Waals surface area contributed by atoms with Crippen LogP contribution in [0.5, 0.6) is 0 Å². The second-order valence-corrected chi connectivity index (χ2v) is 4.43. The third-order valence-corrected chi connectivity index (χ3v) is 3.12. The second kappa shape index (κ2) is 5.65. The Hall–Kier alpha value is -2.17. The molecule has 0 amide bonds. The lowest BCUT2D eigenvalue weighted by molar-refractivity contribution is -0.141. The van der Waals surface area contributed by atoms with E-state index >= 15 is 0 Å². The molecule has 0 aliphatic rings. The first-order valence-electron chi connectivity index (χ1n) is 6.30. The molecule has 2 rings (SSSR count). The van der Waals surface area contributed by atoms with Crippen molar-refractivity contribution in [3.63, 3.8) is 0 Å². The molecule has 0 aliphatic carbocycles. The van der Waals surface area contributed by atoms with Crippen LogP contribution in [0.4, 0.5) is 0 Å². The van der Waals surface area contributed by atoms with E-state index in [1.165, 1.54) is 0 Å². The third-order valence-electron chi connectivity index (χ3n) is 3.12. The van der Waals surface area contributed by atoms with Gasteiger partial charge in [-0.1, -0.05) is 37.3 Å². The van der Waals surface area contributed by atoms with Crippen LogP contribution in [0.15, 0.2) is 30.3 Å². The SMILES string of the molecule is CCc1nnc(C)n1C(Cc1ccccc1)C(=O)O. The van der Waals surface area contributed by atoms with Gasteiger partial charge in [-0.05, 0) is 12.5 Å². The van der Waals surface area contributed by atoms with Gasteiger partial charge < -0.3 is 9.67 Å². The Kier molecular flexibility index (Phi) is 3.94. The molecule has 5 nitrogen and oxygen atoms in total. The van der Waals surface area contributed by atoms with Crippen molar-refractivity contribution in [1.82, 2.24) is 14.8 Å². The zero-order chi connectivity index (χ0) is 13.8. The Bertz CT molecular complexity index is 563. The normalized spacial score (nSPS) is 12.3. The van der Waals surface area contributed by atoms with Crippen LogP contribution in [0.2, 0.25) is 0 Å². The summed E-state index contributed by atoms with van der Waals surface area (Å²) >= 11 is 0. The summed E-state index contributed by atoms with van der Waals surface area (Å²) in [7, 11) is 0. The number of aromatic nitrogens is 3. The van der Waals surface area contributed by atoms with Crippen LogP contribution >= 0.6 is 0 Å². The first-order chi connectivity index (χ1) is 9.13. The van der Waals surface area contributed by atoms with Crippen LogP contribution in [0.25, 0.3) is 0 Å². The van der Waals surface area contributed by atoms with Crippen LogP contribution in [-0.2, 0) is 17.6 Å². The van der Waals surface area contributed by atoms with E-state index in [9.17, 15) is 9.90 Å². The molecule has 1 aromatic heterocycles. The number of hydrogen-bond donors (Lipinski definition) is 1. The summed E-state index contributed by atoms with van der Waals surface area (Å²) in [5.41, 5.74) is 0.991. The van der Waals surface area contributed by atoms with Crippen molar-refractivity contribution in [1.29, 1.82) is 0 Å². The van der Waals surface area contributed by atoms with Crippen LogP contribution in [-0.4, -0.2) is 25.8 Å². The molecule has 0 aliphatic heterocycles. The van der Waals surface area contributed by atoms with Gasteiger partial charge >= 0.3 is 5.97 Å². The van der Waals surface area contributed by atoms with Gasteiger partial charge in [-0.3, -0.25) is 0 Å². The molecule has 0 saturated carbocycles. The summed E-state index contributed by atoms with van der Waals surface area (Å²) in [4.78, 5) is 11.5. The van der Waals surface area contributed by atoms with E-state index in [4.69, 9.17) is 0 Å². The second-order valence-electron chi connectivity index (χ2n) is 4.43. The first kappa shape index (κ1) is 13.3. The van der Waals surface area contributed by atoms with Gasteiger partial charge in [0.05, 0.1) is 0 Å². The van der Waals surface area contributed by atoms with E-state index in [-0.39, 0.29) is 0 Å². The number of carbonyl (C=O) groups is 1. The molecule has 0 bridgehead atoms. The highest BCUT2D eigenvalue weighted by atomic mass is 16.4. The minimum absolute atomic E-state index is 0.433. The summed E-state index contributed by atoms with van der Waals surface area (Å²) in [5.74, 6) is 0.488. The fourth-order valence-corrected chi connectivity index (χ4v) is 2.19. The van der Waals surface area contributed by atoms with Crippen molar-refractivity contribution in [3.05, 3.63) is 47.5 Å². The molecule has 1 heterocycles. The molecule has 19 heavy (non-hydrogen) atoms. The van der Waals surface area contributed by atoms with Crippen molar-refractivity contribution in [2.45, 2.75) is 32.7 Å². The van der Waals surface area contributed by atoms with E-state index in [1.807, 2.05) is 37.3 Å². The summed E-state index contributed by atoms with van der Waals surface area (Å²) in [6.07, 6.45) is 1.10. The van der Waals surface area contributed by atoms with E-state index in [1.54, 1.807) is 11.5 Å². The van der Waals surface area contributed by atoms with E-state index < -0.39 is 12.0 Å². The lowest BCUT2D eigenvalue weighted by Crippen LogP contribution is -2.24. The highest BCUT2D eigenvalue weighted by molar-refractivity contribution is 5.72. The molecule has 5 heteroatoms. The number of hydrogen-bond acceptors (Lipinski definition) is 3. The predicted molar refractivity (Wildman–Crippen MR) is 71.0 cm³/mol. The summed E-state index contributed by atoms with van der Waals surface area (Å²) < 4.78 is 1.72. The van der Waals surface area contributed by atoms with Crippen LogP contribution < -0.4 is 0 Å². The van der Waals surface area contributed by atoms with Gasteiger partial charge in [0.25, 0.3) is 0 Å². The van der Waals surface area contributed by atoms with Crippen LogP contribution in [0.3, 0.4) is 0 Å². The van der Waals surface area contributed by atoms with Gasteiger partial charge in [0.15, 0.2) is 0 Å². The van der Waals surface area contributed by atoms with Gasteiger partial charge in [0.1, 0.15) is 17.7 Å². The Morgan fingerprint density at radius 1 is 1.32 bits per heavy atom. The van der Waals surface area contributed by atoms with Gasteiger partial charge in [0.2, 0.25) is 0 Å². The Balaban J connectivity index is 2.35. The van der Waals surface area contributed by atoms with Gasteiger partial charge in [-0.25, -0.2) is 4.79 Å². The maximum absolute atomic E-state index is 11.5. The summed E-state index contributed by atoms with van der Waals surface area (Å²) in [6, 6.07) is 8.94. The highest BCUT2D eigenvalue weighted by Gasteiger charge is 2.24. The summed E-state index contributed by atoms with van der Waals surface area (Å²) in [5, 5.41) is 17.5. The van der Waals surface area contributed by atoms with Crippen molar-refractivity contribution < 1.29 is 9.90 Å². The van der Waals surface area contributed by atoms with Crippen molar-refractivity contribution in [3.8, 4) is 0 Å². The van der Waals surface area contributed by atoms with E-state index in [0.29, 0.717) is 24.5 Å². The fourth-order valence-electron chi connectivity index (χ4n) is 2.19. The number of carboxylic acids is 1. The lowest BCUT2D eigenvalue weighted by atomic mass is 10.1. The largest absolute Gasteiger partial charge is 0.480 e. The molecule has 0 spiro atoms. The maximum atomic E-state index is 11.5. The first-order valence-corrected chi connectivity index (χ1v) is 6.30. The van der Waals surface area contributed by atoms with Gasteiger partial charge in [0, 0.05) is 12.8 Å². The third kappa shape index (κ3) is 2.81. The van der Waals surface area contributed by atoms with Crippen LogP contribution in [0, 0.1) is 6.92 Å². The summed E-state index contributed by atoms with van der Waals surface area (Å²) in [6.45, 7) is 3.73. The Morgan fingerprint density at radius 2 is 2.00 bits per heavy atom. The van der Waals surface area contributed by atoms with Crippen molar-refractivity contribution >= 4 is 5.97 Å². The molecule has 1 unspecified atom stereocenters. The smallest absolute Gasteiger partial charge is 0.327 e. The molecule has 0 saturated heterocycles. The fraction of sp³-hybridized carbons (Fsp3) is 0.357. The quantitative estimate of drug-likeness (QED) is 0.892. The molecule has 1 N–H and O–H groups in total. The number of carboxylic acid groups (broad SMARTS) is 1. The van der Waals surface area contributed by atoms with Crippen molar-refractivity contribution in [2.75, 3.05) is 0 Å². The number of rotatable bonds is 5. The number of benzene rings is 1. The average Bonchev–Trinajstić information content (AvgIpc) is 2.78. The molecule has 2 aromatic rings. The van der Waals surface area contributed by atoms with E-state index in [0.717, 1.165) is 5.56 Å². The lowest BCUT2D eigenvalue weighted by Gasteiger charge is -2.17. The van der Waals surface area contributed by atoms with E-state index in [2.05, 4.69) is 10.2 Å². The highest BCUT2D eigenvalue weighted by Crippen LogP contribution is 2.18. The zero-order valence-electron chi connectivity index (χ0n) is 11.1. The number of aryl methyl sites for hydroxylation is 2. The molecule has 1 aromatic carbocycles. The molecular formula is C14H17N3O2. The Morgan fingerprint density at radius 3 is 2.58 bits per heavy atom. The monoisotopic (exact) mass is 259 g/mol. The zero-order valence-corrected chi connectivity index (χ0v) is 11.1. The van der Waals surface area contributed by atoms with Crippen LogP contribution in [0.1, 0.15) is 30.2 Å². The average molecular weight is 259 g/mol. The molecular weight excluding hydrogens is 242 g/mol. The molecule has 0 radical (unpaired) electrons. The Labute approximate surface area is 111 Å². The maximum Gasteiger partial charge on any atom is 0.327 e. The molecule has 1 atom stereocenters. The molecule has 0 fully saturated rings. The van der Waals surface area contributed by atoms with Gasteiger partial charge in [-0.15, -0.1) is 10.2 Å². The standard InChI is InChI=1S/C14H17N3O2/c1-3-13-16-15-10(2)17(13)12(14(18)19)9-11-7-5-4-6-8-11/h4-8,12H,3,9H2,1-2H3,(H,18,19). The van der Waals surface area contributed by atoms with Crippen molar-refractivity contribution in [2.24, 2.45) is 0 Å². The molecule has 100 valence electrons. The number of nitrogens with zero attached hydrogens (tertiary/aromatic N) is 3. The van der Waals surface area contributed by atoms with Gasteiger partial charge in [-0.2, -0.15) is 0 Å².